The fraction of sp³-hybridized carbons (Fsp3) is 0. The van der Waals surface area contributed by atoms with Gasteiger partial charge in [0.05, 0.1) is 2.74 Å². The Morgan fingerprint density at radius 3 is 0.636 bits per heavy atom. The van der Waals surface area contributed by atoms with Crippen molar-refractivity contribution in [2.75, 3.05) is 14.7 Å². The van der Waals surface area contributed by atoms with Gasteiger partial charge in [0.25, 0.3) is 0 Å². The second-order valence-electron chi connectivity index (χ2n) is 18.4. The minimum atomic E-state index is 0.492. The molecule has 0 unspecified atom stereocenters. The van der Waals surface area contributed by atoms with Crippen LogP contribution in [0.3, 0.4) is 0 Å². The normalized spacial score (nSPS) is 11.2. The van der Waals surface area contributed by atoms with Crippen LogP contribution in [0.2, 0.25) is 0 Å². The van der Waals surface area contributed by atoms with Crippen molar-refractivity contribution in [3.8, 4) is 56.4 Å². The van der Waals surface area contributed by atoms with Gasteiger partial charge in [-0.1, -0.05) is 164 Å². The average Bonchev–Trinajstić information content (AvgIpc) is 3.54. The van der Waals surface area contributed by atoms with Crippen molar-refractivity contribution >= 4 is 51.2 Å². The maximum Gasteiger partial charge on any atom is 0.127 e. The predicted octanol–water partition coefficient (Wildman–Crippen LogP) is 20.7. The van der Waals surface area contributed by atoms with Crippen molar-refractivity contribution in [1.29, 1.82) is 0 Å². The predicted molar refractivity (Wildman–Crippen MR) is 320 cm³/mol. The van der Waals surface area contributed by atoms with Gasteiger partial charge in [-0.15, -0.1) is 0 Å². The van der Waals surface area contributed by atoms with Gasteiger partial charge in [-0.2, -0.15) is 0 Å². The number of benzene rings is 12. The zero-order valence-electron chi connectivity index (χ0n) is 44.1. The molecule has 0 aliphatic heterocycles. The van der Waals surface area contributed by atoms with Gasteiger partial charge in [-0.3, -0.25) is 0 Å². The molecule has 0 atom stereocenters. The molecule has 12 aromatic rings. The Morgan fingerprint density at radius 2 is 0.377 bits per heavy atom. The summed E-state index contributed by atoms with van der Waals surface area (Å²) < 4.78 is 29.2. The molecule has 0 aliphatic rings. The fourth-order valence-electron chi connectivity index (χ4n) is 9.61. The molecule has 0 N–H and O–H groups in total. The first kappa shape index (κ1) is 45.3. The number of hydrogen-bond donors (Lipinski definition) is 0. The molecular weight excluding hydrogens is 939 g/mol. The number of rotatable bonds is 16. The van der Waals surface area contributed by atoms with E-state index in [2.05, 4.69) is 185 Å². The van der Waals surface area contributed by atoms with Crippen LogP contribution in [0.4, 0.5) is 51.2 Å². The summed E-state index contributed by atoms with van der Waals surface area (Å²) in [6.07, 6.45) is 0. The molecule has 0 fully saturated rings. The van der Waals surface area contributed by atoms with E-state index >= 15 is 0 Å². The van der Waals surface area contributed by atoms with E-state index < -0.39 is 0 Å². The summed E-state index contributed by atoms with van der Waals surface area (Å²) in [4.78, 5) is 6.69. The van der Waals surface area contributed by atoms with E-state index in [-0.39, 0.29) is 0 Å². The van der Waals surface area contributed by atoms with E-state index in [0.29, 0.717) is 12.1 Å². The third-order valence-corrected chi connectivity index (χ3v) is 13.4. The molecule has 0 bridgehead atoms. The first-order chi connectivity index (χ1) is 38.9. The molecule has 0 spiro atoms. The van der Waals surface area contributed by atoms with Crippen LogP contribution in [0.15, 0.2) is 321 Å². The molecule has 0 saturated carbocycles. The number of anilines is 9. The van der Waals surface area contributed by atoms with Gasteiger partial charge in [-0.05, 0) is 191 Å². The third-order valence-electron chi connectivity index (χ3n) is 13.4. The highest BCUT2D eigenvalue weighted by molar-refractivity contribution is 5.82. The smallest absolute Gasteiger partial charge is 0.127 e. The van der Waals surface area contributed by atoms with Gasteiger partial charge in [0.1, 0.15) is 23.0 Å². The van der Waals surface area contributed by atoms with Crippen molar-refractivity contribution in [2.45, 2.75) is 0 Å². The van der Waals surface area contributed by atoms with E-state index in [4.69, 9.17) is 12.2 Å². The maximum absolute atomic E-state index is 8.09. The van der Waals surface area contributed by atoms with Gasteiger partial charge >= 0.3 is 0 Å². The highest BCUT2D eigenvalue weighted by Crippen LogP contribution is 2.41. The summed E-state index contributed by atoms with van der Waals surface area (Å²) in [5, 5.41) is 0. The van der Waals surface area contributed by atoms with Crippen molar-refractivity contribution < 1.29 is 12.2 Å². The largest absolute Gasteiger partial charge is 0.457 e. The summed E-state index contributed by atoms with van der Waals surface area (Å²) in [7, 11) is 0. The molecule has 0 heterocycles. The zero-order valence-corrected chi connectivity index (χ0v) is 42.1. The molecular formula is C72H53N3O2. The van der Waals surface area contributed by atoms with Crippen molar-refractivity contribution in [2.24, 2.45) is 0 Å². The first-order valence-corrected chi connectivity index (χ1v) is 25.7. The van der Waals surface area contributed by atoms with Gasteiger partial charge in [0, 0.05) is 51.2 Å². The molecule has 0 amide bonds. The quantitative estimate of drug-likeness (QED) is 0.0962. The van der Waals surface area contributed by atoms with Crippen LogP contribution in [-0.4, -0.2) is 0 Å². The van der Waals surface area contributed by atoms with Crippen LogP contribution in [0.25, 0.3) is 33.4 Å². The molecule has 0 aromatic heterocycles. The Balaban J connectivity index is 0.773. The maximum atomic E-state index is 8.09. The summed E-state index contributed by atoms with van der Waals surface area (Å²) in [6.45, 7) is 0. The van der Waals surface area contributed by atoms with E-state index in [1.54, 1.807) is 12.1 Å². The summed E-state index contributed by atoms with van der Waals surface area (Å²) >= 11 is 0. The molecule has 12 rings (SSSR count). The lowest BCUT2D eigenvalue weighted by Crippen LogP contribution is -2.10. The lowest BCUT2D eigenvalue weighted by atomic mass is 10.0. The van der Waals surface area contributed by atoms with Crippen LogP contribution < -0.4 is 24.2 Å². The number of para-hydroxylation sites is 2. The summed E-state index contributed by atoms with van der Waals surface area (Å²) in [6, 6.07) is 106. The monoisotopic (exact) mass is 995 g/mol. The molecule has 77 heavy (non-hydrogen) atoms. The van der Waals surface area contributed by atoms with Gasteiger partial charge in [-0.25, -0.2) is 0 Å². The van der Waals surface area contributed by atoms with Gasteiger partial charge in [0.15, 0.2) is 0 Å². The van der Waals surface area contributed by atoms with Crippen LogP contribution in [0.1, 0.15) is 2.74 Å². The second kappa shape index (κ2) is 22.4. The van der Waals surface area contributed by atoms with Crippen LogP contribution in [-0.2, 0) is 0 Å². The topological polar surface area (TPSA) is 28.2 Å². The Hall–Kier alpha value is -10.4. The van der Waals surface area contributed by atoms with Gasteiger partial charge < -0.3 is 24.2 Å². The molecule has 0 aliphatic carbocycles. The highest BCUT2D eigenvalue weighted by Gasteiger charge is 2.17. The van der Waals surface area contributed by atoms with Crippen molar-refractivity contribution in [1.82, 2.24) is 0 Å². The molecule has 368 valence electrons. The van der Waals surface area contributed by atoms with E-state index in [1.165, 1.54) is 0 Å². The number of ether oxygens (including phenoxy) is 2. The zero-order chi connectivity index (χ0) is 53.3. The molecule has 0 saturated heterocycles. The SMILES string of the molecule is [3H]c1cccc(-c2ccc(N(c3ccccc3)c3ccc(Oc4ccc(N(c5ccc(Oc6ccc(N(c7ccccc7)c7ccc(-c8cccc([3H])c8)cc7)cc6)cc5)c5ccc(-c6ccccc6)cc5)cc4)cc3)cc2)c1. The minimum absolute atomic E-state index is 0.492. The summed E-state index contributed by atoms with van der Waals surface area (Å²) in [5.74, 6) is 2.88. The molecule has 0 radical (unpaired) electrons. The second-order valence-corrected chi connectivity index (χ2v) is 18.4. The Labute approximate surface area is 453 Å². The lowest BCUT2D eigenvalue weighted by molar-refractivity contribution is 0.482. The van der Waals surface area contributed by atoms with Crippen LogP contribution in [0, 0.1) is 0 Å². The Bertz CT molecular complexity index is 3700. The van der Waals surface area contributed by atoms with Gasteiger partial charge in [0.2, 0.25) is 0 Å². The number of hydrogen-bond acceptors (Lipinski definition) is 5. The fourth-order valence-corrected chi connectivity index (χ4v) is 9.61. The van der Waals surface area contributed by atoms with E-state index in [9.17, 15) is 0 Å². The highest BCUT2D eigenvalue weighted by atomic mass is 16.5. The molecule has 5 nitrogen and oxygen atoms in total. The van der Waals surface area contributed by atoms with Crippen molar-refractivity contribution in [3.63, 3.8) is 0 Å². The average molecular weight is 996 g/mol. The Morgan fingerprint density at radius 1 is 0.182 bits per heavy atom. The van der Waals surface area contributed by atoms with E-state index in [1.807, 2.05) is 127 Å². The third kappa shape index (κ3) is 11.0. The molecule has 5 heteroatoms. The standard InChI is InChI=1S/C72H53N3O2/c1-6-16-54(17-7-1)57-26-32-62(33-27-57)73(60-22-12-4-13-23-60)65-38-46-69(47-39-65)76-71-50-42-67(43-51-71)75(64-36-30-59(31-37-64)56-20-10-3-11-21-56)68-44-52-72(53-45-68)77-70-48-40-66(41-49-70)74(61-24-14-5-15-25-61)63-34-28-58(29-35-63)55-18-8-2-9-19-55/h1-53H/i6T,8T. The van der Waals surface area contributed by atoms with Crippen LogP contribution >= 0.6 is 0 Å². The van der Waals surface area contributed by atoms with Crippen LogP contribution in [0.5, 0.6) is 23.0 Å². The van der Waals surface area contributed by atoms with Crippen molar-refractivity contribution in [3.05, 3.63) is 321 Å². The van der Waals surface area contributed by atoms with E-state index in [0.717, 1.165) is 108 Å². The summed E-state index contributed by atoms with van der Waals surface area (Å²) in [5.41, 5.74) is 15.5. The first-order valence-electron chi connectivity index (χ1n) is 26.7. The minimum Gasteiger partial charge on any atom is -0.457 e. The molecule has 12 aromatic carbocycles. The number of nitrogens with zero attached hydrogens (tertiary/aromatic N) is 3. The lowest BCUT2D eigenvalue weighted by Gasteiger charge is -2.26. The Kier molecular flexibility index (Phi) is 13.2.